The number of carbonyl (C=O) groups excluding carboxylic acids is 1. The van der Waals surface area contributed by atoms with Crippen molar-refractivity contribution in [1.29, 1.82) is 0 Å². The summed E-state index contributed by atoms with van der Waals surface area (Å²) in [5.41, 5.74) is 1.14. The summed E-state index contributed by atoms with van der Waals surface area (Å²) in [4.78, 5) is 12.2. The van der Waals surface area contributed by atoms with Gasteiger partial charge >= 0.3 is 0 Å². The Kier molecular flexibility index (Phi) is 5.95. The predicted molar refractivity (Wildman–Crippen MR) is 102 cm³/mol. The van der Waals surface area contributed by atoms with Gasteiger partial charge < -0.3 is 9.73 Å². The molecule has 0 saturated heterocycles. The summed E-state index contributed by atoms with van der Waals surface area (Å²) < 4.78 is 32.6. The molecule has 2 aromatic carbocycles. The van der Waals surface area contributed by atoms with Gasteiger partial charge in [-0.2, -0.15) is 0 Å². The molecule has 0 atom stereocenters. The highest BCUT2D eigenvalue weighted by molar-refractivity contribution is 7.89. The highest BCUT2D eigenvalue weighted by Crippen LogP contribution is 2.23. The molecule has 0 saturated carbocycles. The first-order chi connectivity index (χ1) is 13.0. The maximum absolute atomic E-state index is 12.5. The van der Waals surface area contributed by atoms with E-state index in [1.807, 2.05) is 30.3 Å². The molecule has 6 nitrogen and oxygen atoms in total. The van der Waals surface area contributed by atoms with Crippen molar-refractivity contribution in [2.45, 2.75) is 18.0 Å². The van der Waals surface area contributed by atoms with Crippen LogP contribution in [0.1, 0.15) is 21.7 Å². The number of amides is 1. The summed E-state index contributed by atoms with van der Waals surface area (Å²) in [5, 5.41) is 2.78. The molecule has 2 N–H and O–H groups in total. The highest BCUT2D eigenvalue weighted by Gasteiger charge is 2.20. The maximum atomic E-state index is 12.5. The minimum Gasteiger partial charge on any atom is -0.468 e. The van der Waals surface area contributed by atoms with E-state index in [9.17, 15) is 13.2 Å². The number of sulfonamides is 1. The summed E-state index contributed by atoms with van der Waals surface area (Å²) >= 11 is 6.04. The third-order valence-electron chi connectivity index (χ3n) is 3.80. The van der Waals surface area contributed by atoms with Crippen molar-refractivity contribution in [3.8, 4) is 0 Å². The first-order valence-electron chi connectivity index (χ1n) is 8.09. The fourth-order valence-electron chi connectivity index (χ4n) is 2.39. The summed E-state index contributed by atoms with van der Waals surface area (Å²) in [6.45, 7) is 0.317. The Balaban J connectivity index is 1.73. The molecule has 0 unspecified atom stereocenters. The van der Waals surface area contributed by atoms with Gasteiger partial charge in [0.25, 0.3) is 5.91 Å². The normalized spacial score (nSPS) is 11.3. The zero-order chi connectivity index (χ0) is 19.3. The monoisotopic (exact) mass is 404 g/mol. The number of rotatable bonds is 7. The number of hydrogen-bond acceptors (Lipinski definition) is 4. The summed E-state index contributed by atoms with van der Waals surface area (Å²) in [6.07, 6.45) is 1.45. The number of halogens is 1. The van der Waals surface area contributed by atoms with Crippen LogP contribution >= 0.6 is 11.6 Å². The lowest BCUT2D eigenvalue weighted by Gasteiger charge is -2.10. The average Bonchev–Trinajstić information content (AvgIpc) is 3.19. The second kappa shape index (κ2) is 8.39. The van der Waals surface area contributed by atoms with Crippen LogP contribution in [-0.2, 0) is 23.1 Å². The van der Waals surface area contributed by atoms with Crippen LogP contribution in [0.15, 0.2) is 76.2 Å². The Morgan fingerprint density at radius 2 is 1.78 bits per heavy atom. The molecule has 1 heterocycles. The van der Waals surface area contributed by atoms with Gasteiger partial charge in [0.05, 0.1) is 17.8 Å². The fraction of sp³-hybridized carbons (Fsp3) is 0.105. The van der Waals surface area contributed by atoms with Crippen LogP contribution in [0.25, 0.3) is 0 Å². The third kappa shape index (κ3) is 4.97. The molecule has 140 valence electrons. The zero-order valence-electron chi connectivity index (χ0n) is 14.2. The number of benzene rings is 2. The summed E-state index contributed by atoms with van der Waals surface area (Å²) in [5.74, 6) is 0.0736. The summed E-state index contributed by atoms with van der Waals surface area (Å²) in [6, 6.07) is 16.8. The van der Waals surface area contributed by atoms with Gasteiger partial charge in [-0.05, 0) is 35.9 Å². The second-order valence-electron chi connectivity index (χ2n) is 5.72. The number of hydrogen-bond donors (Lipinski definition) is 2. The molecular formula is C19H17ClN2O4S. The van der Waals surface area contributed by atoms with Crippen molar-refractivity contribution < 1.29 is 17.6 Å². The van der Waals surface area contributed by atoms with Gasteiger partial charge in [-0.15, -0.1) is 0 Å². The smallest absolute Gasteiger partial charge is 0.251 e. The molecule has 0 radical (unpaired) electrons. The van der Waals surface area contributed by atoms with E-state index in [-0.39, 0.29) is 22.0 Å². The van der Waals surface area contributed by atoms with Crippen LogP contribution in [0.5, 0.6) is 0 Å². The molecule has 1 aromatic heterocycles. The van der Waals surface area contributed by atoms with Crippen LogP contribution in [0.4, 0.5) is 0 Å². The van der Waals surface area contributed by atoms with Gasteiger partial charge in [-0.1, -0.05) is 41.9 Å². The maximum Gasteiger partial charge on any atom is 0.251 e. The van der Waals surface area contributed by atoms with Gasteiger partial charge in [0.1, 0.15) is 10.7 Å². The van der Waals surface area contributed by atoms with E-state index in [2.05, 4.69) is 10.0 Å². The molecule has 0 bridgehead atoms. The molecule has 3 aromatic rings. The van der Waals surface area contributed by atoms with Crippen molar-refractivity contribution in [1.82, 2.24) is 10.0 Å². The van der Waals surface area contributed by atoms with Crippen LogP contribution in [0.2, 0.25) is 5.02 Å². The largest absolute Gasteiger partial charge is 0.468 e. The van der Waals surface area contributed by atoms with E-state index < -0.39 is 15.9 Å². The Morgan fingerprint density at radius 1 is 1.00 bits per heavy atom. The minimum absolute atomic E-state index is 0.0178. The van der Waals surface area contributed by atoms with Crippen molar-refractivity contribution in [3.63, 3.8) is 0 Å². The van der Waals surface area contributed by atoms with Crippen molar-refractivity contribution in [2.24, 2.45) is 0 Å². The fourth-order valence-corrected chi connectivity index (χ4v) is 3.90. The number of carbonyl (C=O) groups is 1. The first kappa shape index (κ1) is 19.2. The zero-order valence-corrected chi connectivity index (χ0v) is 15.8. The van der Waals surface area contributed by atoms with Crippen LogP contribution in [0.3, 0.4) is 0 Å². The number of furan rings is 1. The average molecular weight is 405 g/mol. The Morgan fingerprint density at radius 3 is 2.48 bits per heavy atom. The second-order valence-corrected chi connectivity index (χ2v) is 7.86. The van der Waals surface area contributed by atoms with Gasteiger partial charge in [-0.3, -0.25) is 4.79 Å². The van der Waals surface area contributed by atoms with Gasteiger partial charge in [-0.25, -0.2) is 13.1 Å². The SMILES string of the molecule is O=C(NCc1ccccc1)c1ccc(Cl)c(S(=O)(=O)NCc2ccco2)c1. The van der Waals surface area contributed by atoms with E-state index in [0.717, 1.165) is 5.56 Å². The lowest BCUT2D eigenvalue weighted by Crippen LogP contribution is -2.25. The van der Waals surface area contributed by atoms with Crippen LogP contribution in [0, 0.1) is 0 Å². The molecule has 8 heteroatoms. The molecule has 0 aliphatic heterocycles. The van der Waals surface area contributed by atoms with E-state index in [1.165, 1.54) is 24.5 Å². The molecule has 27 heavy (non-hydrogen) atoms. The topological polar surface area (TPSA) is 88.4 Å². The third-order valence-corrected chi connectivity index (χ3v) is 5.68. The molecular weight excluding hydrogens is 388 g/mol. The summed E-state index contributed by atoms with van der Waals surface area (Å²) in [7, 11) is -3.91. The van der Waals surface area contributed by atoms with E-state index in [0.29, 0.717) is 12.3 Å². The van der Waals surface area contributed by atoms with E-state index >= 15 is 0 Å². The molecule has 0 aliphatic rings. The lowest BCUT2D eigenvalue weighted by atomic mass is 10.2. The standard InChI is InChI=1S/C19H17ClN2O4S/c20-17-9-8-15(19(23)21-12-14-5-2-1-3-6-14)11-18(17)27(24,25)22-13-16-7-4-10-26-16/h1-11,22H,12-13H2,(H,21,23). The van der Waals surface area contributed by atoms with Crippen molar-refractivity contribution in [2.75, 3.05) is 0 Å². The Labute approximate surface area is 162 Å². The van der Waals surface area contributed by atoms with E-state index in [1.54, 1.807) is 12.1 Å². The molecule has 0 aliphatic carbocycles. The van der Waals surface area contributed by atoms with Gasteiger partial charge in [0.2, 0.25) is 10.0 Å². The minimum atomic E-state index is -3.91. The molecule has 0 fully saturated rings. The van der Waals surface area contributed by atoms with Crippen molar-refractivity contribution >= 4 is 27.5 Å². The lowest BCUT2D eigenvalue weighted by molar-refractivity contribution is 0.0950. The van der Waals surface area contributed by atoms with Crippen LogP contribution < -0.4 is 10.0 Å². The Hall–Kier alpha value is -2.61. The quantitative estimate of drug-likeness (QED) is 0.632. The number of nitrogens with one attached hydrogen (secondary N) is 2. The van der Waals surface area contributed by atoms with Gasteiger partial charge in [0.15, 0.2) is 0 Å². The molecule has 3 rings (SSSR count). The molecule has 1 amide bonds. The predicted octanol–water partition coefficient (Wildman–Crippen LogP) is 3.34. The highest BCUT2D eigenvalue weighted by atomic mass is 35.5. The Bertz CT molecular complexity index is 1020. The van der Waals surface area contributed by atoms with E-state index in [4.69, 9.17) is 16.0 Å². The van der Waals surface area contributed by atoms with Crippen LogP contribution in [-0.4, -0.2) is 14.3 Å². The van der Waals surface area contributed by atoms with Crippen molar-refractivity contribution in [3.05, 3.63) is 88.8 Å². The molecule has 0 spiro atoms. The first-order valence-corrected chi connectivity index (χ1v) is 9.95. The van der Waals surface area contributed by atoms with Gasteiger partial charge in [0, 0.05) is 12.1 Å².